The van der Waals surface area contributed by atoms with Gasteiger partial charge in [0.25, 0.3) is 5.69 Å². The third-order valence-corrected chi connectivity index (χ3v) is 2.87. The number of nitrogens with zero attached hydrogens (tertiary/aromatic N) is 1. The molecule has 0 aliphatic rings. The number of rotatable bonds is 7. The van der Waals surface area contributed by atoms with Crippen LogP contribution in [0.15, 0.2) is 24.3 Å². The quantitative estimate of drug-likeness (QED) is 0.441. The molecule has 0 saturated carbocycles. The number of benzene rings is 1. The molecule has 8 heteroatoms. The summed E-state index contributed by atoms with van der Waals surface area (Å²) in [6.07, 6.45) is 0.222. The molecule has 0 heterocycles. The highest BCUT2D eigenvalue weighted by atomic mass is 16.6. The fourth-order valence-corrected chi connectivity index (χ4v) is 1.60. The van der Waals surface area contributed by atoms with Crippen LogP contribution in [0.2, 0.25) is 0 Å². The van der Waals surface area contributed by atoms with Gasteiger partial charge in [0.1, 0.15) is 6.61 Å². The fourth-order valence-electron chi connectivity index (χ4n) is 1.60. The largest absolute Gasteiger partial charge is 0.459 e. The first kappa shape index (κ1) is 17.6. The second kappa shape index (κ2) is 7.51. The summed E-state index contributed by atoms with van der Waals surface area (Å²) in [6, 6.07) is 4.97. The number of nitro groups is 1. The van der Waals surface area contributed by atoms with E-state index in [0.29, 0.717) is 0 Å². The van der Waals surface area contributed by atoms with E-state index in [2.05, 4.69) is 5.32 Å². The number of ether oxygens (including phenoxy) is 1. The molecule has 0 aliphatic heterocycles. The maximum Gasteiger partial charge on any atom is 0.338 e. The minimum absolute atomic E-state index is 0.126. The van der Waals surface area contributed by atoms with Gasteiger partial charge in [0, 0.05) is 25.6 Å². The van der Waals surface area contributed by atoms with E-state index in [9.17, 15) is 24.8 Å². The highest BCUT2D eigenvalue weighted by Gasteiger charge is 2.23. The number of non-ortho nitro benzene ring substituents is 1. The van der Waals surface area contributed by atoms with Gasteiger partial charge in [-0.25, -0.2) is 4.79 Å². The first-order chi connectivity index (χ1) is 10.2. The molecular weight excluding hydrogens is 292 g/mol. The van der Waals surface area contributed by atoms with Crippen molar-refractivity contribution in [1.29, 1.82) is 0 Å². The Labute approximate surface area is 127 Å². The van der Waals surface area contributed by atoms with Crippen LogP contribution < -0.4 is 5.32 Å². The van der Waals surface area contributed by atoms with Crippen LogP contribution in [0, 0.1) is 10.1 Å². The van der Waals surface area contributed by atoms with E-state index in [1.807, 2.05) is 0 Å². The van der Waals surface area contributed by atoms with E-state index in [0.717, 1.165) is 0 Å². The average Bonchev–Trinajstić information content (AvgIpc) is 2.44. The Balaban J connectivity index is 2.50. The second-order valence-corrected chi connectivity index (χ2v) is 5.11. The summed E-state index contributed by atoms with van der Waals surface area (Å²) in [5, 5.41) is 23.1. The van der Waals surface area contributed by atoms with Crippen LogP contribution in [0.3, 0.4) is 0 Å². The summed E-state index contributed by atoms with van der Waals surface area (Å²) in [5.74, 6) is -0.895. The van der Waals surface area contributed by atoms with Crippen LogP contribution >= 0.6 is 0 Å². The number of aliphatic hydroxyl groups is 1. The second-order valence-electron chi connectivity index (χ2n) is 5.11. The molecule has 0 saturated heterocycles. The number of nitro benzene ring substituents is 1. The Hall–Kier alpha value is -2.48. The minimum atomic E-state index is -1.28. The number of hydrogen-bond acceptors (Lipinski definition) is 6. The Morgan fingerprint density at radius 3 is 2.45 bits per heavy atom. The van der Waals surface area contributed by atoms with Crippen LogP contribution in [0.5, 0.6) is 0 Å². The Morgan fingerprint density at radius 1 is 1.36 bits per heavy atom. The third kappa shape index (κ3) is 5.88. The van der Waals surface area contributed by atoms with E-state index in [4.69, 9.17) is 4.74 Å². The van der Waals surface area contributed by atoms with Gasteiger partial charge in [-0.2, -0.15) is 0 Å². The molecule has 1 amide bonds. The number of nitrogens with one attached hydrogen (secondary N) is 1. The van der Waals surface area contributed by atoms with Crippen molar-refractivity contribution in [3.8, 4) is 0 Å². The highest BCUT2D eigenvalue weighted by Crippen LogP contribution is 2.14. The molecule has 1 aromatic rings. The van der Waals surface area contributed by atoms with Gasteiger partial charge in [-0.1, -0.05) is 0 Å². The molecule has 1 atom stereocenters. The maximum absolute atomic E-state index is 11.8. The molecule has 0 aromatic heterocycles. The molecular formula is C14H18N2O6. The number of hydrogen-bond donors (Lipinski definition) is 2. The number of esters is 1. The molecule has 1 rings (SSSR count). The van der Waals surface area contributed by atoms with Gasteiger partial charge in [-0.3, -0.25) is 14.9 Å². The van der Waals surface area contributed by atoms with Crippen molar-refractivity contribution in [3.05, 3.63) is 39.9 Å². The normalized spacial score (nSPS) is 13.0. The molecule has 0 fully saturated rings. The van der Waals surface area contributed by atoms with Crippen LogP contribution in [-0.4, -0.2) is 40.7 Å². The van der Waals surface area contributed by atoms with E-state index in [-0.39, 0.29) is 36.7 Å². The molecule has 2 N–H and O–H groups in total. The first-order valence-corrected chi connectivity index (χ1v) is 6.60. The fraction of sp³-hybridized carbons (Fsp3) is 0.429. The van der Waals surface area contributed by atoms with Crippen LogP contribution in [0.4, 0.5) is 5.69 Å². The highest BCUT2D eigenvalue weighted by molar-refractivity contribution is 5.89. The van der Waals surface area contributed by atoms with Gasteiger partial charge in [0.05, 0.1) is 16.1 Å². The predicted molar refractivity (Wildman–Crippen MR) is 77.3 cm³/mol. The van der Waals surface area contributed by atoms with Gasteiger partial charge in [0.15, 0.2) is 0 Å². The number of carbonyl (C=O) groups is 2. The van der Waals surface area contributed by atoms with Crippen molar-refractivity contribution in [2.75, 3.05) is 13.2 Å². The molecule has 0 radical (unpaired) electrons. The molecule has 120 valence electrons. The van der Waals surface area contributed by atoms with Crippen molar-refractivity contribution in [3.63, 3.8) is 0 Å². The maximum atomic E-state index is 11.8. The summed E-state index contributed by atoms with van der Waals surface area (Å²) in [4.78, 5) is 32.5. The lowest BCUT2D eigenvalue weighted by Crippen LogP contribution is -2.36. The molecule has 8 nitrogen and oxygen atoms in total. The van der Waals surface area contributed by atoms with Crippen molar-refractivity contribution in [1.82, 2.24) is 5.32 Å². The summed E-state index contributed by atoms with van der Waals surface area (Å²) >= 11 is 0. The zero-order valence-corrected chi connectivity index (χ0v) is 12.4. The van der Waals surface area contributed by atoms with Crippen LogP contribution in [0.25, 0.3) is 0 Å². The summed E-state index contributed by atoms with van der Waals surface area (Å²) in [6.45, 7) is 2.86. The van der Waals surface area contributed by atoms with Gasteiger partial charge < -0.3 is 15.2 Å². The molecule has 0 unspecified atom stereocenters. The molecule has 0 bridgehead atoms. The number of carbonyl (C=O) groups excluding carboxylic acids is 2. The van der Waals surface area contributed by atoms with Crippen molar-refractivity contribution >= 4 is 17.6 Å². The first-order valence-electron chi connectivity index (χ1n) is 6.60. The Kier molecular flexibility index (Phi) is 6.00. The SMILES string of the molecule is CC(=O)NCC[C@@](C)(O)COC(=O)c1ccc([N+](=O)[O-])cc1. The third-order valence-electron chi connectivity index (χ3n) is 2.87. The van der Waals surface area contributed by atoms with Crippen LogP contribution in [-0.2, 0) is 9.53 Å². The topological polar surface area (TPSA) is 119 Å². The monoisotopic (exact) mass is 310 g/mol. The van der Waals surface area contributed by atoms with Crippen LogP contribution in [0.1, 0.15) is 30.6 Å². The molecule has 0 spiro atoms. The van der Waals surface area contributed by atoms with E-state index in [1.54, 1.807) is 0 Å². The van der Waals surface area contributed by atoms with E-state index in [1.165, 1.54) is 38.1 Å². The van der Waals surface area contributed by atoms with Crippen molar-refractivity contribution in [2.24, 2.45) is 0 Å². The lowest BCUT2D eigenvalue weighted by molar-refractivity contribution is -0.384. The van der Waals surface area contributed by atoms with Crippen molar-refractivity contribution < 1.29 is 24.4 Å². The standard InChI is InChI=1S/C14H18N2O6/c1-10(17)15-8-7-14(2,19)9-22-13(18)11-3-5-12(6-4-11)16(20)21/h3-6,19H,7-9H2,1-2H3,(H,15,17)/t14-/m1/s1. The summed E-state index contributed by atoms with van der Waals surface area (Å²) in [5.41, 5.74) is -1.25. The molecule has 22 heavy (non-hydrogen) atoms. The van der Waals surface area contributed by atoms with Gasteiger partial charge in [-0.15, -0.1) is 0 Å². The van der Waals surface area contributed by atoms with Gasteiger partial charge >= 0.3 is 5.97 Å². The molecule has 0 aliphatic carbocycles. The minimum Gasteiger partial charge on any atom is -0.459 e. The lowest BCUT2D eigenvalue weighted by atomic mass is 10.0. The Bertz CT molecular complexity index is 553. The van der Waals surface area contributed by atoms with E-state index >= 15 is 0 Å². The smallest absolute Gasteiger partial charge is 0.338 e. The van der Waals surface area contributed by atoms with E-state index < -0.39 is 16.5 Å². The lowest BCUT2D eigenvalue weighted by Gasteiger charge is -2.22. The zero-order chi connectivity index (χ0) is 16.8. The van der Waals surface area contributed by atoms with Gasteiger partial charge in [0.2, 0.25) is 5.91 Å². The van der Waals surface area contributed by atoms with Gasteiger partial charge in [-0.05, 0) is 25.5 Å². The average molecular weight is 310 g/mol. The zero-order valence-electron chi connectivity index (χ0n) is 12.4. The summed E-state index contributed by atoms with van der Waals surface area (Å²) < 4.78 is 4.98. The van der Waals surface area contributed by atoms with Crippen molar-refractivity contribution in [2.45, 2.75) is 25.9 Å². The predicted octanol–water partition coefficient (Wildman–Crippen LogP) is 1.03. The Morgan fingerprint density at radius 2 is 1.95 bits per heavy atom. The summed E-state index contributed by atoms with van der Waals surface area (Å²) in [7, 11) is 0. The number of amides is 1. The molecule has 1 aromatic carbocycles.